The van der Waals surface area contributed by atoms with E-state index in [1.165, 1.54) is 16.7 Å². The van der Waals surface area contributed by atoms with E-state index in [1.54, 1.807) is 24.8 Å². The van der Waals surface area contributed by atoms with Gasteiger partial charge in [0.25, 0.3) is 11.5 Å². The second-order valence-corrected chi connectivity index (χ2v) is 20.2. The Morgan fingerprint density at radius 1 is 1.06 bits per heavy atom. The fourth-order valence-corrected chi connectivity index (χ4v) is 13.3. The van der Waals surface area contributed by atoms with E-state index in [0.717, 1.165) is 5.56 Å². The topological polar surface area (TPSA) is 112 Å². The molecule has 1 fully saturated rings. The van der Waals surface area contributed by atoms with Crippen LogP contribution in [0.4, 0.5) is 10.1 Å². The molecular formula is C38H51FN4O6Si. The molecule has 1 saturated heterocycles. The lowest BCUT2D eigenvalue weighted by Crippen LogP contribution is -2.50. The average Bonchev–Trinajstić information content (AvgIpc) is 3.43. The van der Waals surface area contributed by atoms with Crippen LogP contribution in [-0.4, -0.2) is 48.9 Å². The Bertz CT molecular complexity index is 1740. The summed E-state index contributed by atoms with van der Waals surface area (Å²) in [5, 5.41) is 2.87. The minimum atomic E-state index is -2.22. The van der Waals surface area contributed by atoms with Crippen molar-refractivity contribution in [3.05, 3.63) is 87.3 Å². The zero-order valence-electron chi connectivity index (χ0n) is 30.5. The maximum absolute atomic E-state index is 14.8. The number of carbonyl (C=O) groups excluding carboxylic acids is 2. The molecule has 2 aliphatic rings. The molecule has 0 radical (unpaired) electrons. The number of anilines is 1. The van der Waals surface area contributed by atoms with Crippen LogP contribution in [0.2, 0.25) is 16.6 Å². The molecule has 0 bridgehead atoms. The van der Waals surface area contributed by atoms with E-state index < -0.39 is 31.2 Å². The van der Waals surface area contributed by atoms with Crippen molar-refractivity contribution in [1.29, 1.82) is 0 Å². The van der Waals surface area contributed by atoms with Gasteiger partial charge < -0.3 is 24.1 Å². The normalized spacial score (nSPS) is 17.5. The first-order chi connectivity index (χ1) is 23.7. The number of amides is 2. The molecule has 3 aromatic rings. The molecule has 270 valence electrons. The molecule has 1 aromatic heterocycles. The van der Waals surface area contributed by atoms with Crippen molar-refractivity contribution in [2.45, 2.75) is 116 Å². The summed E-state index contributed by atoms with van der Waals surface area (Å²) >= 11 is 0. The summed E-state index contributed by atoms with van der Waals surface area (Å²) in [4.78, 5) is 47.4. The molecular weight excluding hydrogens is 656 g/mol. The monoisotopic (exact) mass is 706 g/mol. The molecule has 0 unspecified atom stereocenters. The maximum atomic E-state index is 14.8. The van der Waals surface area contributed by atoms with Gasteiger partial charge in [0.2, 0.25) is 11.7 Å². The van der Waals surface area contributed by atoms with E-state index in [4.69, 9.17) is 13.9 Å². The standard InChI is InChI=1S/C38H51FN4O6Si/c1-24(2)50(25(3)4,26(5)6)49-23-30-16-17-32(44)43(30)31-20-29(39)15-14-28(31)21-40-35(45)33-34(47-22-27-12-10-9-11-13-27)36(46)42-18-19-48-38(7,8)37(42)41-33/h9-15,20,24-26,30H,16-19,21-23H2,1-8H3,(H,40,45)/t30-/m1/s1. The number of hydrogen-bond donors (Lipinski definition) is 1. The van der Waals surface area contributed by atoms with E-state index in [1.807, 2.05) is 30.3 Å². The van der Waals surface area contributed by atoms with Gasteiger partial charge in [0.05, 0.1) is 31.5 Å². The molecule has 10 nitrogen and oxygen atoms in total. The van der Waals surface area contributed by atoms with E-state index in [2.05, 4.69) is 51.8 Å². The lowest BCUT2D eigenvalue weighted by Gasteiger charge is -2.43. The first-order valence-electron chi connectivity index (χ1n) is 17.7. The molecule has 5 rings (SSSR count). The number of benzene rings is 2. The molecule has 2 amide bonds. The van der Waals surface area contributed by atoms with Gasteiger partial charge in [-0.25, -0.2) is 9.37 Å². The highest BCUT2D eigenvalue weighted by Gasteiger charge is 2.46. The van der Waals surface area contributed by atoms with E-state index in [-0.39, 0.29) is 43.1 Å². The highest BCUT2D eigenvalue weighted by Crippen LogP contribution is 2.43. The van der Waals surface area contributed by atoms with Crippen molar-refractivity contribution in [3.63, 3.8) is 0 Å². The molecule has 3 heterocycles. The Morgan fingerprint density at radius 3 is 2.40 bits per heavy atom. The van der Waals surface area contributed by atoms with Crippen LogP contribution in [0.15, 0.2) is 53.3 Å². The highest BCUT2D eigenvalue weighted by atomic mass is 28.4. The third kappa shape index (κ3) is 7.43. The van der Waals surface area contributed by atoms with Crippen molar-refractivity contribution in [2.24, 2.45) is 0 Å². The molecule has 12 heteroatoms. The fourth-order valence-electron chi connectivity index (χ4n) is 7.82. The van der Waals surface area contributed by atoms with Crippen LogP contribution in [-0.2, 0) is 39.3 Å². The summed E-state index contributed by atoms with van der Waals surface area (Å²) in [6.07, 6.45) is 0.905. The van der Waals surface area contributed by atoms with Gasteiger partial charge >= 0.3 is 0 Å². The number of nitrogens with one attached hydrogen (secondary N) is 1. The largest absolute Gasteiger partial charge is 0.481 e. The molecule has 0 aliphatic carbocycles. The Labute approximate surface area is 295 Å². The highest BCUT2D eigenvalue weighted by molar-refractivity contribution is 6.77. The summed E-state index contributed by atoms with van der Waals surface area (Å²) < 4.78 is 35.1. The predicted octanol–water partition coefficient (Wildman–Crippen LogP) is 6.84. The molecule has 50 heavy (non-hydrogen) atoms. The average molecular weight is 707 g/mol. The Kier molecular flexibility index (Phi) is 11.3. The molecule has 0 saturated carbocycles. The van der Waals surface area contributed by atoms with Gasteiger partial charge in [0.1, 0.15) is 23.8 Å². The van der Waals surface area contributed by atoms with Crippen LogP contribution >= 0.6 is 0 Å². The minimum Gasteiger partial charge on any atom is -0.481 e. The summed E-state index contributed by atoms with van der Waals surface area (Å²) in [5.74, 6) is -1.09. The fraction of sp³-hybridized carbons (Fsp3) is 0.526. The van der Waals surface area contributed by atoms with Gasteiger partial charge in [-0.1, -0.05) is 77.9 Å². The van der Waals surface area contributed by atoms with Gasteiger partial charge in [-0.05, 0) is 60.2 Å². The number of rotatable bonds is 13. The summed E-state index contributed by atoms with van der Waals surface area (Å²) in [5.41, 5.74) is 1.33. The van der Waals surface area contributed by atoms with Crippen LogP contribution in [0, 0.1) is 5.82 Å². The Balaban J connectivity index is 1.43. The number of hydrogen-bond acceptors (Lipinski definition) is 7. The first-order valence-corrected chi connectivity index (χ1v) is 19.8. The quantitative estimate of drug-likeness (QED) is 0.194. The van der Waals surface area contributed by atoms with Gasteiger partial charge in [-0.3, -0.25) is 19.0 Å². The van der Waals surface area contributed by atoms with Gasteiger partial charge in [0.15, 0.2) is 14.0 Å². The summed E-state index contributed by atoms with van der Waals surface area (Å²) in [6, 6.07) is 13.3. The number of halogens is 1. The van der Waals surface area contributed by atoms with Gasteiger partial charge in [-0.15, -0.1) is 0 Å². The minimum absolute atomic E-state index is 0.0490. The zero-order valence-corrected chi connectivity index (χ0v) is 31.5. The van der Waals surface area contributed by atoms with Crippen LogP contribution in [0.25, 0.3) is 0 Å². The van der Waals surface area contributed by atoms with E-state index >= 15 is 0 Å². The molecule has 2 aromatic carbocycles. The third-order valence-electron chi connectivity index (χ3n) is 10.2. The maximum Gasteiger partial charge on any atom is 0.296 e. The zero-order chi connectivity index (χ0) is 36.4. The number of fused-ring (bicyclic) bond motifs is 1. The Morgan fingerprint density at radius 2 is 1.74 bits per heavy atom. The predicted molar refractivity (Wildman–Crippen MR) is 193 cm³/mol. The van der Waals surface area contributed by atoms with Gasteiger partial charge in [-0.2, -0.15) is 0 Å². The lowest BCUT2D eigenvalue weighted by molar-refractivity contribution is -0.117. The van der Waals surface area contributed by atoms with Crippen molar-refractivity contribution in [3.8, 4) is 5.75 Å². The number of aromatic nitrogens is 2. The van der Waals surface area contributed by atoms with E-state index in [0.29, 0.717) is 59.8 Å². The van der Waals surface area contributed by atoms with Crippen LogP contribution in [0.3, 0.4) is 0 Å². The van der Waals surface area contributed by atoms with E-state index in [9.17, 15) is 18.8 Å². The van der Waals surface area contributed by atoms with Crippen LogP contribution < -0.4 is 20.5 Å². The molecule has 1 N–H and O–H groups in total. The third-order valence-corrected chi connectivity index (χ3v) is 16.3. The van der Waals surface area contributed by atoms with Crippen LogP contribution in [0.5, 0.6) is 5.75 Å². The number of carbonyl (C=O) groups is 2. The summed E-state index contributed by atoms with van der Waals surface area (Å²) in [7, 11) is -2.22. The number of ether oxygens (including phenoxy) is 2. The Hall–Kier alpha value is -3.87. The second-order valence-electron chi connectivity index (χ2n) is 14.7. The van der Waals surface area contributed by atoms with Gasteiger partial charge in [0, 0.05) is 13.0 Å². The van der Waals surface area contributed by atoms with Crippen molar-refractivity contribution >= 4 is 25.8 Å². The smallest absolute Gasteiger partial charge is 0.296 e. The van der Waals surface area contributed by atoms with Crippen LogP contribution in [0.1, 0.15) is 95.7 Å². The second kappa shape index (κ2) is 15.2. The molecule has 0 spiro atoms. The number of nitrogens with zero attached hydrogens (tertiary/aromatic N) is 3. The SMILES string of the molecule is CC(C)[Si](OC[C@H]1CCC(=O)N1c1cc(F)ccc1CNC(=O)c1nc2n(c(=O)c1OCc1ccccc1)CCOC2(C)C)(C(C)C)C(C)C. The molecule has 1 atom stereocenters. The molecule has 2 aliphatic heterocycles. The first kappa shape index (κ1) is 37.4. The summed E-state index contributed by atoms with van der Waals surface area (Å²) in [6.45, 7) is 17.9. The van der Waals surface area contributed by atoms with Crippen molar-refractivity contribution in [1.82, 2.24) is 14.9 Å². The lowest BCUT2D eigenvalue weighted by atomic mass is 10.1. The van der Waals surface area contributed by atoms with Crippen molar-refractivity contribution < 1.29 is 27.9 Å². The van der Waals surface area contributed by atoms with Crippen molar-refractivity contribution in [2.75, 3.05) is 18.1 Å².